The fourth-order valence-electron chi connectivity index (χ4n) is 3.21. The molecule has 2 N–H and O–H groups in total. The minimum Gasteiger partial charge on any atom is -0.481 e. The van der Waals surface area contributed by atoms with Gasteiger partial charge in [-0.3, -0.25) is 9.59 Å². The first kappa shape index (κ1) is 13.8. The fourth-order valence-corrected chi connectivity index (χ4v) is 3.21. The SMILES string of the molecule is O=C(O)C1CC(=O)N(C(C(=O)O)C2CCCCC2)C1. The van der Waals surface area contributed by atoms with Crippen LogP contribution in [0.3, 0.4) is 0 Å². The fraction of sp³-hybridized carbons (Fsp3) is 0.769. The Morgan fingerprint density at radius 3 is 2.26 bits per heavy atom. The zero-order valence-corrected chi connectivity index (χ0v) is 10.7. The molecule has 1 saturated heterocycles. The zero-order chi connectivity index (χ0) is 14.0. The molecule has 0 aromatic carbocycles. The summed E-state index contributed by atoms with van der Waals surface area (Å²) in [5.74, 6) is -3.18. The Labute approximate surface area is 111 Å². The molecule has 6 heteroatoms. The topological polar surface area (TPSA) is 94.9 Å². The molecule has 0 radical (unpaired) electrons. The summed E-state index contributed by atoms with van der Waals surface area (Å²) in [4.78, 5) is 35.6. The van der Waals surface area contributed by atoms with Crippen molar-refractivity contribution in [2.24, 2.45) is 11.8 Å². The lowest BCUT2D eigenvalue weighted by atomic mass is 9.83. The number of amides is 1. The second-order valence-corrected chi connectivity index (χ2v) is 5.47. The van der Waals surface area contributed by atoms with Gasteiger partial charge in [0.15, 0.2) is 0 Å². The number of carboxylic acid groups (broad SMARTS) is 2. The standard InChI is InChI=1S/C13H19NO5/c15-10-6-9(12(16)17)7-14(10)11(13(18)19)8-4-2-1-3-5-8/h8-9,11H,1-7H2,(H,16,17)(H,18,19). The van der Waals surface area contributed by atoms with Crippen LogP contribution in [0.2, 0.25) is 0 Å². The maximum Gasteiger partial charge on any atom is 0.326 e. The third kappa shape index (κ3) is 2.88. The number of aliphatic carboxylic acids is 2. The van der Waals surface area contributed by atoms with Gasteiger partial charge in [0.1, 0.15) is 6.04 Å². The minimum atomic E-state index is -1.02. The van der Waals surface area contributed by atoms with E-state index in [-0.39, 0.29) is 24.8 Å². The van der Waals surface area contributed by atoms with Crippen LogP contribution in [0.25, 0.3) is 0 Å². The monoisotopic (exact) mass is 269 g/mol. The molecule has 106 valence electrons. The minimum absolute atomic E-state index is 0.0294. The number of rotatable bonds is 4. The Bertz CT molecular complexity index is 388. The van der Waals surface area contributed by atoms with E-state index in [0.29, 0.717) is 0 Å². The van der Waals surface area contributed by atoms with E-state index in [9.17, 15) is 19.5 Å². The van der Waals surface area contributed by atoms with Crippen molar-refractivity contribution in [2.75, 3.05) is 6.54 Å². The molecule has 2 rings (SSSR count). The molecule has 2 fully saturated rings. The Balaban J connectivity index is 2.13. The molecule has 2 atom stereocenters. The second kappa shape index (κ2) is 5.59. The lowest BCUT2D eigenvalue weighted by Gasteiger charge is -2.33. The van der Waals surface area contributed by atoms with Crippen molar-refractivity contribution in [2.45, 2.75) is 44.6 Å². The smallest absolute Gasteiger partial charge is 0.326 e. The molecule has 0 aromatic rings. The molecule has 0 bridgehead atoms. The average Bonchev–Trinajstić information content (AvgIpc) is 2.73. The van der Waals surface area contributed by atoms with Crippen molar-refractivity contribution >= 4 is 17.8 Å². The Morgan fingerprint density at radius 1 is 1.16 bits per heavy atom. The summed E-state index contributed by atoms with van der Waals surface area (Å²) in [5.41, 5.74) is 0. The van der Waals surface area contributed by atoms with Gasteiger partial charge in [-0.1, -0.05) is 19.3 Å². The highest BCUT2D eigenvalue weighted by Gasteiger charge is 2.43. The van der Waals surface area contributed by atoms with E-state index in [2.05, 4.69) is 0 Å². The summed E-state index contributed by atoms with van der Waals surface area (Å²) in [6.07, 6.45) is 4.61. The first-order valence-corrected chi connectivity index (χ1v) is 6.75. The van der Waals surface area contributed by atoms with Crippen LogP contribution in [-0.2, 0) is 14.4 Å². The summed E-state index contributed by atoms with van der Waals surface area (Å²) < 4.78 is 0. The highest BCUT2D eigenvalue weighted by atomic mass is 16.4. The van der Waals surface area contributed by atoms with Gasteiger partial charge in [0, 0.05) is 13.0 Å². The van der Waals surface area contributed by atoms with Gasteiger partial charge in [0.2, 0.25) is 5.91 Å². The molecule has 1 saturated carbocycles. The lowest BCUT2D eigenvalue weighted by Crippen LogP contribution is -2.47. The third-order valence-electron chi connectivity index (χ3n) is 4.19. The predicted octanol–water partition coefficient (Wildman–Crippen LogP) is 0.953. The average molecular weight is 269 g/mol. The molecule has 0 spiro atoms. The molecule has 1 heterocycles. The first-order valence-electron chi connectivity index (χ1n) is 6.75. The molecule has 2 unspecified atom stereocenters. The van der Waals surface area contributed by atoms with Crippen molar-refractivity contribution in [3.63, 3.8) is 0 Å². The Kier molecular flexibility index (Phi) is 4.07. The highest BCUT2D eigenvalue weighted by molar-refractivity contribution is 5.89. The zero-order valence-electron chi connectivity index (χ0n) is 10.7. The highest BCUT2D eigenvalue weighted by Crippen LogP contribution is 2.32. The van der Waals surface area contributed by atoms with E-state index >= 15 is 0 Å². The van der Waals surface area contributed by atoms with Gasteiger partial charge in [0.05, 0.1) is 5.92 Å². The quantitative estimate of drug-likeness (QED) is 0.792. The second-order valence-electron chi connectivity index (χ2n) is 5.47. The van der Waals surface area contributed by atoms with Crippen LogP contribution in [0.4, 0.5) is 0 Å². The van der Waals surface area contributed by atoms with Crippen LogP contribution in [0, 0.1) is 11.8 Å². The molecule has 19 heavy (non-hydrogen) atoms. The number of nitrogens with zero attached hydrogens (tertiary/aromatic N) is 1. The van der Waals surface area contributed by atoms with E-state index < -0.39 is 23.9 Å². The summed E-state index contributed by atoms with van der Waals surface area (Å²) in [6.45, 7) is 0.0294. The summed E-state index contributed by atoms with van der Waals surface area (Å²) in [7, 11) is 0. The van der Waals surface area contributed by atoms with E-state index in [1.165, 1.54) is 4.90 Å². The molecule has 0 aromatic heterocycles. The van der Waals surface area contributed by atoms with Crippen LogP contribution in [0.1, 0.15) is 38.5 Å². The van der Waals surface area contributed by atoms with Gasteiger partial charge in [-0.15, -0.1) is 0 Å². The molecule has 2 aliphatic rings. The van der Waals surface area contributed by atoms with Gasteiger partial charge in [-0.25, -0.2) is 4.79 Å². The lowest BCUT2D eigenvalue weighted by molar-refractivity contribution is -0.151. The molecular weight excluding hydrogens is 250 g/mol. The molecule has 1 amide bonds. The van der Waals surface area contributed by atoms with Crippen molar-refractivity contribution in [1.82, 2.24) is 4.90 Å². The van der Waals surface area contributed by atoms with Crippen LogP contribution < -0.4 is 0 Å². The van der Waals surface area contributed by atoms with Gasteiger partial charge < -0.3 is 15.1 Å². The first-order chi connectivity index (χ1) is 9.00. The van der Waals surface area contributed by atoms with Crippen LogP contribution >= 0.6 is 0 Å². The maximum atomic E-state index is 11.9. The van der Waals surface area contributed by atoms with E-state index in [1.54, 1.807) is 0 Å². The van der Waals surface area contributed by atoms with Crippen LogP contribution in [0.15, 0.2) is 0 Å². The summed E-state index contributed by atoms with van der Waals surface area (Å²) in [5, 5.41) is 18.3. The van der Waals surface area contributed by atoms with Crippen molar-refractivity contribution in [3.8, 4) is 0 Å². The summed E-state index contributed by atoms with van der Waals surface area (Å²) in [6, 6.07) is -0.850. The van der Waals surface area contributed by atoms with E-state index in [4.69, 9.17) is 5.11 Å². The Morgan fingerprint density at radius 2 is 1.79 bits per heavy atom. The van der Waals surface area contributed by atoms with E-state index in [1.807, 2.05) is 0 Å². The number of carbonyl (C=O) groups excluding carboxylic acids is 1. The number of likely N-dealkylation sites (tertiary alicyclic amines) is 1. The maximum absolute atomic E-state index is 11.9. The number of hydrogen-bond donors (Lipinski definition) is 2. The normalized spacial score (nSPS) is 26.4. The van der Waals surface area contributed by atoms with Gasteiger partial charge >= 0.3 is 11.9 Å². The number of carbonyl (C=O) groups is 3. The predicted molar refractivity (Wildman–Crippen MR) is 65.5 cm³/mol. The third-order valence-corrected chi connectivity index (χ3v) is 4.19. The van der Waals surface area contributed by atoms with Crippen LogP contribution in [-0.4, -0.2) is 45.5 Å². The number of carboxylic acids is 2. The van der Waals surface area contributed by atoms with Gasteiger partial charge in [0.25, 0.3) is 0 Å². The molecule has 1 aliphatic carbocycles. The van der Waals surface area contributed by atoms with Gasteiger partial charge in [-0.2, -0.15) is 0 Å². The van der Waals surface area contributed by atoms with Crippen LogP contribution in [0.5, 0.6) is 0 Å². The van der Waals surface area contributed by atoms with Crippen molar-refractivity contribution < 1.29 is 24.6 Å². The number of hydrogen-bond acceptors (Lipinski definition) is 3. The molecule has 1 aliphatic heterocycles. The van der Waals surface area contributed by atoms with Crippen molar-refractivity contribution in [1.29, 1.82) is 0 Å². The van der Waals surface area contributed by atoms with E-state index in [0.717, 1.165) is 32.1 Å². The summed E-state index contributed by atoms with van der Waals surface area (Å²) >= 11 is 0. The largest absolute Gasteiger partial charge is 0.481 e. The molecule has 6 nitrogen and oxygen atoms in total. The Hall–Kier alpha value is -1.59. The van der Waals surface area contributed by atoms with Gasteiger partial charge in [-0.05, 0) is 18.8 Å². The molecular formula is C13H19NO5. The van der Waals surface area contributed by atoms with Crippen molar-refractivity contribution in [3.05, 3.63) is 0 Å².